The molecule has 0 atom stereocenters. The molecule has 0 bridgehead atoms. The Bertz CT molecular complexity index is 822. The van der Waals surface area contributed by atoms with Crippen molar-refractivity contribution in [1.29, 1.82) is 0 Å². The zero-order valence-corrected chi connectivity index (χ0v) is 12.3. The van der Waals surface area contributed by atoms with Crippen molar-refractivity contribution in [3.05, 3.63) is 42.6 Å². The fraction of sp³-hybridized carbons (Fsp3) is 0.188. The van der Waals surface area contributed by atoms with Crippen molar-refractivity contribution >= 4 is 16.9 Å². The second-order valence-electron chi connectivity index (χ2n) is 5.09. The van der Waals surface area contributed by atoms with Crippen molar-refractivity contribution in [3.63, 3.8) is 0 Å². The molecule has 0 saturated heterocycles. The van der Waals surface area contributed by atoms with Crippen molar-refractivity contribution in [3.8, 4) is 17.1 Å². The van der Waals surface area contributed by atoms with E-state index in [1.807, 2.05) is 19.9 Å². The van der Waals surface area contributed by atoms with E-state index in [1.54, 1.807) is 30.5 Å². The molecule has 0 saturated carbocycles. The summed E-state index contributed by atoms with van der Waals surface area (Å²) in [5, 5.41) is 5.08. The standard InChI is InChI=1S/C16H15N4O2/c1-10(2)22-14-8-7-11(9-18-14)15-12-5-3-4-6-13(12)20(19-15)16(17)21/h4-10H,1-2H3,(H2,17,21). The summed E-state index contributed by atoms with van der Waals surface area (Å²) < 4.78 is 6.70. The van der Waals surface area contributed by atoms with Gasteiger partial charge in [0.05, 0.1) is 11.6 Å². The van der Waals surface area contributed by atoms with E-state index in [4.69, 9.17) is 10.5 Å². The minimum Gasteiger partial charge on any atom is -0.475 e. The molecule has 0 aliphatic rings. The number of amides is 1. The Morgan fingerprint density at radius 3 is 2.82 bits per heavy atom. The summed E-state index contributed by atoms with van der Waals surface area (Å²) in [6.07, 6.45) is 1.72. The van der Waals surface area contributed by atoms with Crippen LogP contribution in [0.25, 0.3) is 22.2 Å². The molecule has 2 heterocycles. The number of nitrogens with zero attached hydrogens (tertiary/aromatic N) is 3. The van der Waals surface area contributed by atoms with Crippen LogP contribution in [0.4, 0.5) is 4.79 Å². The number of carbonyl (C=O) groups excluding carboxylic acids is 1. The number of hydrogen-bond donors (Lipinski definition) is 1. The minimum atomic E-state index is -0.629. The zero-order chi connectivity index (χ0) is 15.7. The summed E-state index contributed by atoms with van der Waals surface area (Å²) in [5.74, 6) is 0.545. The van der Waals surface area contributed by atoms with Gasteiger partial charge in [0.2, 0.25) is 5.88 Å². The fourth-order valence-electron chi connectivity index (χ4n) is 2.22. The topological polar surface area (TPSA) is 83.0 Å². The molecule has 0 spiro atoms. The van der Waals surface area contributed by atoms with Crippen LogP contribution in [0.3, 0.4) is 0 Å². The molecule has 6 nitrogen and oxygen atoms in total. The van der Waals surface area contributed by atoms with E-state index >= 15 is 0 Å². The highest BCUT2D eigenvalue weighted by atomic mass is 16.5. The lowest BCUT2D eigenvalue weighted by Gasteiger charge is -2.08. The third-order valence-electron chi connectivity index (χ3n) is 3.10. The molecule has 0 fully saturated rings. The Hall–Kier alpha value is -2.89. The number of ether oxygens (including phenoxy) is 1. The predicted molar refractivity (Wildman–Crippen MR) is 82.5 cm³/mol. The van der Waals surface area contributed by atoms with Gasteiger partial charge in [-0.3, -0.25) is 0 Å². The highest BCUT2D eigenvalue weighted by molar-refractivity contribution is 5.98. The summed E-state index contributed by atoms with van der Waals surface area (Å²) in [7, 11) is 0. The van der Waals surface area contributed by atoms with Crippen LogP contribution in [-0.2, 0) is 0 Å². The quantitative estimate of drug-likeness (QED) is 0.805. The summed E-state index contributed by atoms with van der Waals surface area (Å²) in [6, 6.07) is 11.2. The van der Waals surface area contributed by atoms with E-state index in [2.05, 4.69) is 16.1 Å². The molecule has 6 heteroatoms. The van der Waals surface area contributed by atoms with Gasteiger partial charge >= 0.3 is 6.03 Å². The van der Waals surface area contributed by atoms with E-state index in [0.29, 0.717) is 17.1 Å². The largest absolute Gasteiger partial charge is 0.475 e. The maximum absolute atomic E-state index is 11.5. The molecule has 3 rings (SSSR count). The Labute approximate surface area is 127 Å². The molecule has 1 aromatic carbocycles. The molecular weight excluding hydrogens is 280 g/mol. The predicted octanol–water partition coefficient (Wildman–Crippen LogP) is 2.61. The third-order valence-corrected chi connectivity index (χ3v) is 3.10. The lowest BCUT2D eigenvalue weighted by molar-refractivity contribution is 0.232. The third kappa shape index (κ3) is 2.50. The normalized spacial score (nSPS) is 11.0. The van der Waals surface area contributed by atoms with Gasteiger partial charge in [0, 0.05) is 23.2 Å². The minimum absolute atomic E-state index is 0.0582. The van der Waals surface area contributed by atoms with Crippen LogP contribution in [0.5, 0.6) is 5.88 Å². The molecule has 2 aromatic heterocycles. The Balaban J connectivity index is 2.08. The number of pyridine rings is 1. The molecule has 1 radical (unpaired) electrons. The molecule has 22 heavy (non-hydrogen) atoms. The summed E-state index contributed by atoms with van der Waals surface area (Å²) >= 11 is 0. The number of carbonyl (C=O) groups is 1. The van der Waals surface area contributed by atoms with Gasteiger partial charge in [0.15, 0.2) is 0 Å². The molecule has 0 unspecified atom stereocenters. The molecular formula is C16H15N4O2. The highest BCUT2D eigenvalue weighted by Gasteiger charge is 2.15. The average molecular weight is 295 g/mol. The van der Waals surface area contributed by atoms with E-state index in [-0.39, 0.29) is 6.10 Å². The van der Waals surface area contributed by atoms with Crippen LogP contribution < -0.4 is 10.5 Å². The fourth-order valence-corrected chi connectivity index (χ4v) is 2.22. The summed E-state index contributed by atoms with van der Waals surface area (Å²) in [5.41, 5.74) is 7.42. The summed E-state index contributed by atoms with van der Waals surface area (Å²) in [6.45, 7) is 3.88. The number of aromatic nitrogens is 3. The number of rotatable bonds is 3. The van der Waals surface area contributed by atoms with Gasteiger partial charge in [0.1, 0.15) is 5.69 Å². The molecule has 0 aliphatic heterocycles. The van der Waals surface area contributed by atoms with Crippen LogP contribution >= 0.6 is 0 Å². The first-order valence-corrected chi connectivity index (χ1v) is 6.88. The first-order valence-electron chi connectivity index (χ1n) is 6.88. The lowest BCUT2D eigenvalue weighted by atomic mass is 10.1. The van der Waals surface area contributed by atoms with Gasteiger partial charge in [0.25, 0.3) is 0 Å². The van der Waals surface area contributed by atoms with Crippen LogP contribution in [0.1, 0.15) is 13.8 Å². The van der Waals surface area contributed by atoms with Crippen molar-refractivity contribution in [1.82, 2.24) is 14.8 Å². The van der Waals surface area contributed by atoms with Gasteiger partial charge in [-0.2, -0.15) is 9.78 Å². The Morgan fingerprint density at radius 1 is 1.36 bits per heavy atom. The second-order valence-corrected chi connectivity index (χ2v) is 5.09. The van der Waals surface area contributed by atoms with Crippen molar-refractivity contribution in [2.24, 2.45) is 5.73 Å². The number of fused-ring (bicyclic) bond motifs is 1. The average Bonchev–Trinajstić information content (AvgIpc) is 2.87. The van der Waals surface area contributed by atoms with Crippen LogP contribution in [-0.4, -0.2) is 26.9 Å². The van der Waals surface area contributed by atoms with E-state index in [0.717, 1.165) is 10.9 Å². The number of hydrogen-bond acceptors (Lipinski definition) is 4. The number of primary amides is 1. The smallest absolute Gasteiger partial charge is 0.340 e. The molecule has 0 aliphatic carbocycles. The van der Waals surface area contributed by atoms with Gasteiger partial charge in [-0.15, -0.1) is 0 Å². The van der Waals surface area contributed by atoms with Crippen molar-refractivity contribution < 1.29 is 9.53 Å². The molecule has 3 aromatic rings. The Morgan fingerprint density at radius 2 is 2.18 bits per heavy atom. The van der Waals surface area contributed by atoms with Crippen LogP contribution in [0.2, 0.25) is 0 Å². The SMILES string of the molecule is CC(C)Oc1ccc(-c2nn(C(N)=O)c3cc[c]cc23)cn1. The van der Waals surface area contributed by atoms with Gasteiger partial charge in [-0.25, -0.2) is 9.78 Å². The summed E-state index contributed by atoms with van der Waals surface area (Å²) in [4.78, 5) is 15.8. The van der Waals surface area contributed by atoms with Gasteiger partial charge < -0.3 is 10.5 Å². The van der Waals surface area contributed by atoms with Crippen molar-refractivity contribution in [2.75, 3.05) is 0 Å². The van der Waals surface area contributed by atoms with Crippen molar-refractivity contribution in [2.45, 2.75) is 20.0 Å². The Kier molecular flexibility index (Phi) is 3.50. The molecule has 1 amide bonds. The van der Waals surface area contributed by atoms with E-state index in [9.17, 15) is 4.79 Å². The second kappa shape index (κ2) is 5.48. The monoisotopic (exact) mass is 295 g/mol. The highest BCUT2D eigenvalue weighted by Crippen LogP contribution is 2.28. The molecule has 2 N–H and O–H groups in total. The van der Waals surface area contributed by atoms with Crippen LogP contribution in [0, 0.1) is 6.07 Å². The zero-order valence-electron chi connectivity index (χ0n) is 12.3. The van der Waals surface area contributed by atoms with Crippen LogP contribution in [0.15, 0.2) is 36.5 Å². The number of nitrogens with two attached hydrogens (primary N) is 1. The van der Waals surface area contributed by atoms with E-state index in [1.165, 1.54) is 4.68 Å². The lowest BCUT2D eigenvalue weighted by Crippen LogP contribution is -2.20. The first-order chi connectivity index (χ1) is 10.6. The van der Waals surface area contributed by atoms with Gasteiger partial charge in [-0.1, -0.05) is 6.07 Å². The maximum Gasteiger partial charge on any atom is 0.340 e. The van der Waals surface area contributed by atoms with E-state index < -0.39 is 6.03 Å². The first kappa shape index (κ1) is 14.1. The number of benzene rings is 1. The maximum atomic E-state index is 11.5. The molecule has 111 valence electrons. The van der Waals surface area contributed by atoms with Gasteiger partial charge in [-0.05, 0) is 38.1 Å².